The Kier molecular flexibility index (Phi) is 3.57. The number of nitro groups is 1. The molecule has 2 rings (SSSR count). The summed E-state index contributed by atoms with van der Waals surface area (Å²) in [5, 5.41) is 13.2. The summed E-state index contributed by atoms with van der Waals surface area (Å²) in [5.74, 6) is -1.87. The van der Waals surface area contributed by atoms with Gasteiger partial charge in [-0.25, -0.2) is 13.8 Å². The zero-order valence-corrected chi connectivity index (χ0v) is 9.99. The third-order valence-electron chi connectivity index (χ3n) is 2.22. The summed E-state index contributed by atoms with van der Waals surface area (Å²) in [7, 11) is 0. The van der Waals surface area contributed by atoms with Gasteiger partial charge >= 0.3 is 5.69 Å². The molecule has 0 aliphatic rings. The first-order valence-electron chi connectivity index (χ1n) is 5.00. The predicted octanol–water partition coefficient (Wildman–Crippen LogP) is 3.67. The summed E-state index contributed by atoms with van der Waals surface area (Å²) in [5.41, 5.74) is -0.507. The summed E-state index contributed by atoms with van der Waals surface area (Å²) in [6.45, 7) is 0. The topological polar surface area (TPSA) is 68.1 Å². The molecule has 1 aromatic heterocycles. The average Bonchev–Trinajstić information content (AvgIpc) is 2.32. The Hall–Kier alpha value is -2.28. The molecule has 0 aliphatic heterocycles. The van der Waals surface area contributed by atoms with Crippen LogP contribution in [-0.2, 0) is 0 Å². The number of halogens is 3. The highest BCUT2D eigenvalue weighted by molar-refractivity contribution is 6.29. The second-order valence-electron chi connectivity index (χ2n) is 3.51. The summed E-state index contributed by atoms with van der Waals surface area (Å²) >= 11 is 5.63. The van der Waals surface area contributed by atoms with Crippen molar-refractivity contribution in [1.82, 2.24) is 4.98 Å². The lowest BCUT2D eigenvalue weighted by molar-refractivity contribution is -0.384. The Balaban J connectivity index is 2.42. The van der Waals surface area contributed by atoms with E-state index in [9.17, 15) is 18.9 Å². The number of hydrogen-bond acceptors (Lipinski definition) is 4. The molecule has 0 unspecified atom stereocenters. The van der Waals surface area contributed by atoms with Crippen LogP contribution in [0.1, 0.15) is 0 Å². The molecule has 0 atom stereocenters. The molecule has 0 radical (unpaired) electrons. The van der Waals surface area contributed by atoms with Crippen molar-refractivity contribution >= 4 is 28.8 Å². The molecule has 8 heteroatoms. The summed E-state index contributed by atoms with van der Waals surface area (Å²) in [4.78, 5) is 13.8. The largest absolute Gasteiger partial charge is 0.332 e. The van der Waals surface area contributed by atoms with Gasteiger partial charge in [0.15, 0.2) is 0 Å². The number of rotatable bonds is 3. The van der Waals surface area contributed by atoms with Gasteiger partial charge in [-0.3, -0.25) is 10.1 Å². The SMILES string of the molecule is O=[N+]([O-])c1ccc(Cl)nc1Nc1ccc(F)cc1F. The van der Waals surface area contributed by atoms with Gasteiger partial charge < -0.3 is 5.32 Å². The second kappa shape index (κ2) is 5.15. The van der Waals surface area contributed by atoms with E-state index in [4.69, 9.17) is 11.6 Å². The minimum absolute atomic E-state index is 0.00983. The number of nitrogens with zero attached hydrogens (tertiary/aromatic N) is 2. The fourth-order valence-electron chi connectivity index (χ4n) is 1.39. The number of benzene rings is 1. The quantitative estimate of drug-likeness (QED) is 0.531. The lowest BCUT2D eigenvalue weighted by Crippen LogP contribution is -2.01. The number of nitrogens with one attached hydrogen (secondary N) is 1. The van der Waals surface area contributed by atoms with Gasteiger partial charge in [0, 0.05) is 12.1 Å². The summed E-state index contributed by atoms with van der Waals surface area (Å²) < 4.78 is 26.2. The van der Waals surface area contributed by atoms with E-state index in [1.807, 2.05) is 0 Å². The lowest BCUT2D eigenvalue weighted by atomic mass is 10.3. The van der Waals surface area contributed by atoms with E-state index in [2.05, 4.69) is 10.3 Å². The van der Waals surface area contributed by atoms with Crippen LogP contribution in [0.2, 0.25) is 5.15 Å². The van der Waals surface area contributed by atoms with Crippen molar-refractivity contribution in [2.45, 2.75) is 0 Å². The van der Waals surface area contributed by atoms with Crippen LogP contribution in [0.4, 0.5) is 26.0 Å². The average molecular weight is 286 g/mol. The maximum absolute atomic E-state index is 13.4. The number of hydrogen-bond donors (Lipinski definition) is 1. The standard InChI is InChI=1S/C11H6ClF2N3O2/c12-10-4-3-9(17(18)19)11(16-10)15-8-2-1-6(13)5-7(8)14/h1-5H,(H,15,16). The molecule has 1 aromatic carbocycles. The maximum Gasteiger partial charge on any atom is 0.311 e. The summed E-state index contributed by atoms with van der Waals surface area (Å²) in [6, 6.07) is 5.16. The van der Waals surface area contributed by atoms with E-state index in [0.29, 0.717) is 6.07 Å². The van der Waals surface area contributed by atoms with Crippen LogP contribution in [0.5, 0.6) is 0 Å². The molecule has 0 fully saturated rings. The highest BCUT2D eigenvalue weighted by Gasteiger charge is 2.17. The van der Waals surface area contributed by atoms with Crippen molar-refractivity contribution in [3.05, 3.63) is 57.2 Å². The molecule has 1 heterocycles. The van der Waals surface area contributed by atoms with E-state index in [0.717, 1.165) is 18.2 Å². The molecule has 1 N–H and O–H groups in total. The summed E-state index contributed by atoms with van der Waals surface area (Å²) in [6.07, 6.45) is 0. The van der Waals surface area contributed by atoms with Crippen LogP contribution >= 0.6 is 11.6 Å². The molecule has 0 amide bonds. The second-order valence-corrected chi connectivity index (χ2v) is 3.90. The monoisotopic (exact) mass is 285 g/mol. The van der Waals surface area contributed by atoms with Crippen molar-refractivity contribution in [2.75, 3.05) is 5.32 Å². The number of aromatic nitrogens is 1. The van der Waals surface area contributed by atoms with E-state index >= 15 is 0 Å². The molecule has 0 saturated heterocycles. The first-order chi connectivity index (χ1) is 8.97. The van der Waals surface area contributed by atoms with Gasteiger partial charge in [0.2, 0.25) is 5.82 Å². The maximum atomic E-state index is 13.4. The fourth-order valence-corrected chi connectivity index (χ4v) is 1.53. The fraction of sp³-hybridized carbons (Fsp3) is 0. The molecular weight excluding hydrogens is 280 g/mol. The Morgan fingerprint density at radius 2 is 2.00 bits per heavy atom. The van der Waals surface area contributed by atoms with Gasteiger partial charge in [-0.15, -0.1) is 0 Å². The molecule has 0 aliphatic carbocycles. The van der Waals surface area contributed by atoms with E-state index < -0.39 is 16.6 Å². The van der Waals surface area contributed by atoms with Gasteiger partial charge in [-0.05, 0) is 18.2 Å². The molecule has 98 valence electrons. The number of anilines is 2. The van der Waals surface area contributed by atoms with E-state index in [1.165, 1.54) is 6.07 Å². The third kappa shape index (κ3) is 2.94. The van der Waals surface area contributed by atoms with Gasteiger partial charge in [-0.2, -0.15) is 0 Å². The normalized spacial score (nSPS) is 10.3. The van der Waals surface area contributed by atoms with Crippen LogP contribution in [0.25, 0.3) is 0 Å². The Morgan fingerprint density at radius 3 is 2.63 bits per heavy atom. The van der Waals surface area contributed by atoms with Crippen molar-refractivity contribution in [2.24, 2.45) is 0 Å². The highest BCUT2D eigenvalue weighted by Crippen LogP contribution is 2.28. The lowest BCUT2D eigenvalue weighted by Gasteiger charge is -2.07. The first-order valence-corrected chi connectivity index (χ1v) is 5.38. The molecule has 5 nitrogen and oxygen atoms in total. The van der Waals surface area contributed by atoms with Crippen molar-refractivity contribution < 1.29 is 13.7 Å². The highest BCUT2D eigenvalue weighted by atomic mass is 35.5. The zero-order valence-electron chi connectivity index (χ0n) is 9.23. The molecule has 2 aromatic rings. The van der Waals surface area contributed by atoms with E-state index in [-0.39, 0.29) is 22.3 Å². The van der Waals surface area contributed by atoms with Gasteiger partial charge in [0.25, 0.3) is 0 Å². The minimum atomic E-state index is -0.893. The van der Waals surface area contributed by atoms with Crippen LogP contribution in [0.15, 0.2) is 30.3 Å². The van der Waals surface area contributed by atoms with E-state index in [1.54, 1.807) is 0 Å². The Labute approximate surface area is 111 Å². The minimum Gasteiger partial charge on any atom is -0.332 e. The molecule has 0 bridgehead atoms. The van der Waals surface area contributed by atoms with Crippen molar-refractivity contribution in [1.29, 1.82) is 0 Å². The Morgan fingerprint density at radius 1 is 1.26 bits per heavy atom. The van der Waals surface area contributed by atoms with Crippen LogP contribution in [-0.4, -0.2) is 9.91 Å². The number of pyridine rings is 1. The smallest absolute Gasteiger partial charge is 0.311 e. The first kappa shape index (κ1) is 13.2. The van der Waals surface area contributed by atoms with Crippen LogP contribution in [0.3, 0.4) is 0 Å². The zero-order chi connectivity index (χ0) is 14.0. The third-order valence-corrected chi connectivity index (χ3v) is 2.43. The Bertz CT molecular complexity index is 652. The van der Waals surface area contributed by atoms with Gasteiger partial charge in [0.1, 0.15) is 16.8 Å². The van der Waals surface area contributed by atoms with Crippen LogP contribution < -0.4 is 5.32 Å². The molecular formula is C11H6ClF2N3O2. The molecule has 19 heavy (non-hydrogen) atoms. The predicted molar refractivity (Wildman–Crippen MR) is 65.5 cm³/mol. The van der Waals surface area contributed by atoms with Crippen molar-refractivity contribution in [3.8, 4) is 0 Å². The molecule has 0 saturated carbocycles. The van der Waals surface area contributed by atoms with Gasteiger partial charge in [0.05, 0.1) is 10.6 Å². The van der Waals surface area contributed by atoms with Gasteiger partial charge in [-0.1, -0.05) is 11.6 Å². The van der Waals surface area contributed by atoms with Crippen molar-refractivity contribution in [3.63, 3.8) is 0 Å². The molecule has 0 spiro atoms. The van der Waals surface area contributed by atoms with Crippen LogP contribution in [0, 0.1) is 21.7 Å².